The Morgan fingerprint density at radius 1 is 1.16 bits per heavy atom. The number of sulfonamides is 1. The minimum atomic E-state index is -3.55. The van der Waals surface area contributed by atoms with E-state index in [-0.39, 0.29) is 9.73 Å². The van der Waals surface area contributed by atoms with Crippen molar-refractivity contribution in [1.29, 1.82) is 0 Å². The van der Waals surface area contributed by atoms with Gasteiger partial charge >= 0.3 is 0 Å². The predicted molar refractivity (Wildman–Crippen MR) is 94.3 cm³/mol. The summed E-state index contributed by atoms with van der Waals surface area (Å²) in [4.78, 5) is 6.00. The summed E-state index contributed by atoms with van der Waals surface area (Å²) < 4.78 is 46.6. The maximum atomic E-state index is 13.7. The smallest absolute Gasteiger partial charge is 0.298 e. The van der Waals surface area contributed by atoms with Crippen LogP contribution in [0.15, 0.2) is 39.0 Å². The van der Waals surface area contributed by atoms with Crippen molar-refractivity contribution >= 4 is 50.1 Å². The van der Waals surface area contributed by atoms with Gasteiger partial charge in [0.2, 0.25) is 0 Å². The van der Waals surface area contributed by atoms with E-state index >= 15 is 0 Å². The van der Waals surface area contributed by atoms with Gasteiger partial charge in [0.05, 0.1) is 4.34 Å². The molecule has 0 unspecified atom stereocenters. The normalized spacial score (nSPS) is 16.6. The minimum Gasteiger partial charge on any atom is -0.423 e. The molecule has 0 aliphatic carbocycles. The molecule has 1 aromatic carbocycles. The summed E-state index contributed by atoms with van der Waals surface area (Å²) in [5, 5.41) is 0. The molecule has 132 valence electrons. The molecule has 0 bridgehead atoms. The van der Waals surface area contributed by atoms with Crippen molar-refractivity contribution in [2.24, 2.45) is 0 Å². The average Bonchev–Trinajstić information content (AvgIpc) is 3.22. The highest BCUT2D eigenvalue weighted by Crippen LogP contribution is 2.30. The fourth-order valence-corrected chi connectivity index (χ4v) is 5.78. The molecule has 1 fully saturated rings. The first kappa shape index (κ1) is 16.8. The molecule has 6 nitrogen and oxygen atoms in total. The van der Waals surface area contributed by atoms with E-state index in [2.05, 4.69) is 4.98 Å². The van der Waals surface area contributed by atoms with E-state index in [0.29, 0.717) is 42.1 Å². The van der Waals surface area contributed by atoms with Gasteiger partial charge in [-0.15, -0.1) is 11.3 Å². The van der Waals surface area contributed by atoms with Gasteiger partial charge < -0.3 is 9.32 Å². The van der Waals surface area contributed by atoms with Crippen LogP contribution in [0.3, 0.4) is 0 Å². The number of rotatable bonds is 3. The molecular weight excluding hydrogens is 389 g/mol. The van der Waals surface area contributed by atoms with E-state index in [9.17, 15) is 12.8 Å². The fraction of sp³-hybridized carbons (Fsp3) is 0.267. The number of oxazole rings is 1. The third-order valence-electron chi connectivity index (χ3n) is 4.01. The molecule has 1 aliphatic rings. The number of benzene rings is 1. The maximum Gasteiger partial charge on any atom is 0.298 e. The Balaban J connectivity index is 1.52. The lowest BCUT2D eigenvalue weighted by atomic mass is 10.3. The molecule has 0 radical (unpaired) electrons. The van der Waals surface area contributed by atoms with Gasteiger partial charge in [-0.3, -0.25) is 0 Å². The van der Waals surface area contributed by atoms with Gasteiger partial charge in [-0.25, -0.2) is 12.8 Å². The van der Waals surface area contributed by atoms with Crippen LogP contribution in [-0.2, 0) is 10.0 Å². The number of anilines is 1. The fourth-order valence-electron chi connectivity index (χ4n) is 2.72. The van der Waals surface area contributed by atoms with Crippen LogP contribution in [0.1, 0.15) is 0 Å². The van der Waals surface area contributed by atoms with Crippen LogP contribution in [0, 0.1) is 5.82 Å². The Morgan fingerprint density at radius 2 is 1.92 bits per heavy atom. The Bertz CT molecular complexity index is 1030. The summed E-state index contributed by atoms with van der Waals surface area (Å²) in [6.45, 7) is 1.40. The molecule has 4 rings (SSSR count). The monoisotopic (exact) mass is 401 g/mol. The number of thiophene rings is 1. The second-order valence-electron chi connectivity index (χ2n) is 5.53. The topological polar surface area (TPSA) is 66.7 Å². The van der Waals surface area contributed by atoms with Gasteiger partial charge in [0, 0.05) is 26.2 Å². The second kappa shape index (κ2) is 6.24. The Morgan fingerprint density at radius 3 is 2.56 bits per heavy atom. The number of nitrogens with zero attached hydrogens (tertiary/aromatic N) is 3. The first-order valence-electron chi connectivity index (χ1n) is 7.50. The van der Waals surface area contributed by atoms with Crippen LogP contribution in [0.2, 0.25) is 4.34 Å². The molecule has 0 amide bonds. The Labute approximate surface area is 152 Å². The van der Waals surface area contributed by atoms with E-state index in [1.807, 2.05) is 4.90 Å². The van der Waals surface area contributed by atoms with Crippen molar-refractivity contribution in [2.75, 3.05) is 31.1 Å². The van der Waals surface area contributed by atoms with Crippen molar-refractivity contribution in [3.8, 4) is 0 Å². The highest BCUT2D eigenvalue weighted by Gasteiger charge is 2.31. The molecule has 1 saturated heterocycles. The van der Waals surface area contributed by atoms with Crippen molar-refractivity contribution in [2.45, 2.75) is 4.21 Å². The SMILES string of the molecule is O=S(=O)(c1ccc(Cl)s1)N1CCN(c2nc3c(F)cccc3o2)CC1. The predicted octanol–water partition coefficient (Wildman–Crippen LogP) is 3.19. The van der Waals surface area contributed by atoms with Gasteiger partial charge in [0.15, 0.2) is 11.4 Å². The summed E-state index contributed by atoms with van der Waals surface area (Å²) in [7, 11) is -3.55. The van der Waals surface area contributed by atoms with E-state index in [4.69, 9.17) is 16.0 Å². The number of para-hydroxylation sites is 1. The van der Waals surface area contributed by atoms with Gasteiger partial charge in [-0.1, -0.05) is 17.7 Å². The molecule has 0 atom stereocenters. The number of hydrogen-bond donors (Lipinski definition) is 0. The van der Waals surface area contributed by atoms with Crippen LogP contribution >= 0.6 is 22.9 Å². The molecule has 2 aromatic heterocycles. The summed E-state index contributed by atoms with van der Waals surface area (Å²) in [6.07, 6.45) is 0. The largest absolute Gasteiger partial charge is 0.423 e. The molecular formula is C15H13ClFN3O3S2. The van der Waals surface area contributed by atoms with Crippen LogP contribution in [0.25, 0.3) is 11.1 Å². The zero-order chi connectivity index (χ0) is 17.6. The minimum absolute atomic E-state index is 0.181. The number of aromatic nitrogens is 1. The van der Waals surface area contributed by atoms with Gasteiger partial charge in [0.1, 0.15) is 9.73 Å². The summed E-state index contributed by atoms with van der Waals surface area (Å²) >= 11 is 6.88. The number of piperazine rings is 1. The van der Waals surface area contributed by atoms with Crippen molar-refractivity contribution in [1.82, 2.24) is 9.29 Å². The van der Waals surface area contributed by atoms with Gasteiger partial charge in [0.25, 0.3) is 16.0 Å². The highest BCUT2D eigenvalue weighted by atomic mass is 35.5. The summed E-state index contributed by atoms with van der Waals surface area (Å²) in [5.41, 5.74) is 0.555. The lowest BCUT2D eigenvalue weighted by Gasteiger charge is -2.32. The Kier molecular flexibility index (Phi) is 4.19. The van der Waals surface area contributed by atoms with Gasteiger partial charge in [-0.2, -0.15) is 9.29 Å². The van der Waals surface area contributed by atoms with Crippen LogP contribution < -0.4 is 4.90 Å². The third-order valence-corrected chi connectivity index (χ3v) is 7.61. The first-order chi connectivity index (χ1) is 11.9. The number of halogens is 2. The average molecular weight is 402 g/mol. The van der Waals surface area contributed by atoms with E-state index in [1.54, 1.807) is 18.2 Å². The number of fused-ring (bicyclic) bond motifs is 1. The lowest BCUT2D eigenvalue weighted by molar-refractivity contribution is 0.374. The Hall–Kier alpha value is -1.68. The van der Waals surface area contributed by atoms with Crippen molar-refractivity contribution in [3.63, 3.8) is 0 Å². The molecule has 3 heterocycles. The molecule has 1 aliphatic heterocycles. The van der Waals surface area contributed by atoms with Crippen LogP contribution in [0.4, 0.5) is 10.4 Å². The second-order valence-corrected chi connectivity index (χ2v) is 9.41. The molecule has 3 aromatic rings. The number of hydrogen-bond acceptors (Lipinski definition) is 6. The molecule has 0 spiro atoms. The zero-order valence-corrected chi connectivity index (χ0v) is 15.2. The first-order valence-corrected chi connectivity index (χ1v) is 10.1. The van der Waals surface area contributed by atoms with E-state index in [0.717, 1.165) is 11.3 Å². The quantitative estimate of drug-likeness (QED) is 0.674. The molecule has 25 heavy (non-hydrogen) atoms. The molecule has 10 heteroatoms. The maximum absolute atomic E-state index is 13.7. The van der Waals surface area contributed by atoms with E-state index in [1.165, 1.54) is 16.4 Å². The molecule has 0 saturated carbocycles. The molecule has 0 N–H and O–H groups in total. The summed E-state index contributed by atoms with van der Waals surface area (Å²) in [5.74, 6) is -0.441. The highest BCUT2D eigenvalue weighted by molar-refractivity contribution is 7.91. The van der Waals surface area contributed by atoms with Crippen LogP contribution in [-0.4, -0.2) is 43.9 Å². The van der Waals surface area contributed by atoms with Crippen molar-refractivity contribution in [3.05, 3.63) is 40.5 Å². The van der Waals surface area contributed by atoms with Crippen molar-refractivity contribution < 1.29 is 17.2 Å². The standard InChI is InChI=1S/C15H13ClFN3O3S2/c16-12-4-5-13(24-12)25(21,22)20-8-6-19(7-9-20)15-18-14-10(17)2-1-3-11(14)23-15/h1-5H,6-9H2. The zero-order valence-electron chi connectivity index (χ0n) is 12.9. The van der Waals surface area contributed by atoms with Crippen LogP contribution in [0.5, 0.6) is 0 Å². The summed E-state index contributed by atoms with van der Waals surface area (Å²) in [6, 6.07) is 7.92. The third kappa shape index (κ3) is 3.01. The van der Waals surface area contributed by atoms with Gasteiger partial charge in [-0.05, 0) is 24.3 Å². The lowest BCUT2D eigenvalue weighted by Crippen LogP contribution is -2.48. The van der Waals surface area contributed by atoms with E-state index < -0.39 is 15.8 Å².